The van der Waals surface area contributed by atoms with Crippen LogP contribution in [-0.4, -0.2) is 0 Å². The lowest BCUT2D eigenvalue weighted by atomic mass is 10.2. The Hall–Kier alpha value is -1.31. The highest BCUT2D eigenvalue weighted by atomic mass is 79.9. The first-order valence-corrected chi connectivity index (χ1v) is 6.79. The van der Waals surface area contributed by atoms with Crippen molar-refractivity contribution in [1.29, 1.82) is 5.26 Å². The van der Waals surface area contributed by atoms with Gasteiger partial charge in [0.2, 0.25) is 0 Å². The molecular weight excluding hydrogens is 296 g/mol. The van der Waals surface area contributed by atoms with Crippen LogP contribution < -0.4 is 5.32 Å². The zero-order valence-electron chi connectivity index (χ0n) is 9.33. The van der Waals surface area contributed by atoms with Crippen molar-refractivity contribution in [3.63, 3.8) is 0 Å². The first-order valence-electron chi connectivity index (χ1n) is 5.18. The number of nitrogens with zero attached hydrogens (tertiary/aromatic N) is 1. The van der Waals surface area contributed by atoms with E-state index in [-0.39, 0.29) is 0 Å². The molecule has 0 fully saturated rings. The number of nitrogens with one attached hydrogen (secondary N) is 1. The molecule has 0 bridgehead atoms. The number of aryl methyl sites for hydroxylation is 1. The average molecular weight is 307 g/mol. The molecule has 0 amide bonds. The predicted molar refractivity (Wildman–Crippen MR) is 75.2 cm³/mol. The summed E-state index contributed by atoms with van der Waals surface area (Å²) in [5.74, 6) is 0. The van der Waals surface area contributed by atoms with E-state index in [4.69, 9.17) is 5.26 Å². The van der Waals surface area contributed by atoms with E-state index in [1.165, 1.54) is 16.9 Å². The van der Waals surface area contributed by atoms with Crippen molar-refractivity contribution >= 4 is 33.0 Å². The minimum atomic E-state index is 0.744. The fraction of sp³-hybridized carbons (Fsp3) is 0.154. The maximum atomic E-state index is 8.75. The van der Waals surface area contributed by atoms with Gasteiger partial charge in [0.05, 0.1) is 0 Å². The topological polar surface area (TPSA) is 35.8 Å². The molecule has 2 nitrogen and oxygen atoms in total. The summed E-state index contributed by atoms with van der Waals surface area (Å²) in [4.78, 5) is 1.92. The number of benzene rings is 1. The third-order valence-corrected chi connectivity index (χ3v) is 4.46. The first-order chi connectivity index (χ1) is 8.20. The Morgan fingerprint density at radius 3 is 2.88 bits per heavy atom. The summed E-state index contributed by atoms with van der Waals surface area (Å²) in [5.41, 5.74) is 2.29. The van der Waals surface area contributed by atoms with Crippen LogP contribution in [0.5, 0.6) is 0 Å². The summed E-state index contributed by atoms with van der Waals surface area (Å²) in [7, 11) is 0. The Morgan fingerprint density at radius 2 is 2.18 bits per heavy atom. The van der Waals surface area contributed by atoms with Gasteiger partial charge in [0.1, 0.15) is 10.9 Å². The van der Waals surface area contributed by atoms with Gasteiger partial charge in [0.25, 0.3) is 0 Å². The standard InChI is InChI=1S/C13H11BrN2S/c1-9-3-2-4-12(13(9)14)16-8-11-6-5-10(7-15)17-11/h2-6,16H,8H2,1H3. The van der Waals surface area contributed by atoms with Crippen LogP contribution in [0, 0.1) is 18.3 Å². The van der Waals surface area contributed by atoms with Crippen molar-refractivity contribution in [1.82, 2.24) is 0 Å². The smallest absolute Gasteiger partial charge is 0.110 e. The van der Waals surface area contributed by atoms with Crippen LogP contribution >= 0.6 is 27.3 Å². The van der Waals surface area contributed by atoms with Crippen LogP contribution in [-0.2, 0) is 6.54 Å². The lowest BCUT2D eigenvalue weighted by Crippen LogP contribution is -1.98. The van der Waals surface area contributed by atoms with Gasteiger partial charge in [-0.3, -0.25) is 0 Å². The SMILES string of the molecule is Cc1cccc(NCc2ccc(C#N)s2)c1Br. The van der Waals surface area contributed by atoms with Crippen molar-refractivity contribution in [3.8, 4) is 6.07 Å². The molecule has 2 aromatic rings. The van der Waals surface area contributed by atoms with E-state index in [2.05, 4.69) is 40.3 Å². The number of hydrogen-bond acceptors (Lipinski definition) is 3. The monoisotopic (exact) mass is 306 g/mol. The van der Waals surface area contributed by atoms with Crippen LogP contribution in [0.4, 0.5) is 5.69 Å². The molecule has 86 valence electrons. The van der Waals surface area contributed by atoms with E-state index >= 15 is 0 Å². The average Bonchev–Trinajstić information content (AvgIpc) is 2.79. The molecule has 0 atom stereocenters. The second-order valence-corrected chi connectivity index (χ2v) is 5.63. The van der Waals surface area contributed by atoms with Gasteiger partial charge in [0, 0.05) is 21.6 Å². The van der Waals surface area contributed by atoms with Gasteiger partial charge in [-0.15, -0.1) is 11.3 Å². The van der Waals surface area contributed by atoms with Crippen LogP contribution in [0.3, 0.4) is 0 Å². The maximum Gasteiger partial charge on any atom is 0.110 e. The molecule has 0 spiro atoms. The highest BCUT2D eigenvalue weighted by Crippen LogP contribution is 2.26. The van der Waals surface area contributed by atoms with Crippen molar-refractivity contribution in [2.75, 3.05) is 5.32 Å². The molecule has 2 rings (SSSR count). The summed E-state index contributed by atoms with van der Waals surface area (Å²) >= 11 is 5.08. The quantitative estimate of drug-likeness (QED) is 0.917. The molecule has 0 aliphatic carbocycles. The zero-order valence-corrected chi connectivity index (χ0v) is 11.7. The van der Waals surface area contributed by atoms with E-state index in [9.17, 15) is 0 Å². The molecule has 0 saturated heterocycles. The second kappa shape index (κ2) is 5.35. The molecule has 17 heavy (non-hydrogen) atoms. The Labute approximate surface area is 113 Å². The van der Waals surface area contributed by atoms with Crippen molar-refractivity contribution in [2.45, 2.75) is 13.5 Å². The molecule has 0 saturated carbocycles. The first kappa shape index (κ1) is 12.2. The predicted octanol–water partition coefficient (Wildman–Crippen LogP) is 4.30. The van der Waals surface area contributed by atoms with Gasteiger partial charge < -0.3 is 5.32 Å². The molecule has 1 aromatic carbocycles. The van der Waals surface area contributed by atoms with Gasteiger partial charge in [0.15, 0.2) is 0 Å². The summed E-state index contributed by atoms with van der Waals surface area (Å²) in [6.45, 7) is 2.81. The number of anilines is 1. The number of nitriles is 1. The van der Waals surface area contributed by atoms with Crippen LogP contribution in [0.15, 0.2) is 34.8 Å². The molecule has 4 heteroatoms. The molecule has 0 aliphatic heterocycles. The third kappa shape index (κ3) is 2.87. The molecule has 0 aliphatic rings. The van der Waals surface area contributed by atoms with Gasteiger partial charge in [-0.1, -0.05) is 12.1 Å². The van der Waals surface area contributed by atoms with Crippen molar-refractivity contribution < 1.29 is 0 Å². The van der Waals surface area contributed by atoms with Crippen LogP contribution in [0.2, 0.25) is 0 Å². The van der Waals surface area contributed by atoms with Gasteiger partial charge in [-0.05, 0) is 46.6 Å². The minimum Gasteiger partial charge on any atom is -0.379 e. The number of thiophene rings is 1. The molecule has 1 heterocycles. The molecule has 0 unspecified atom stereocenters. The highest BCUT2D eigenvalue weighted by molar-refractivity contribution is 9.10. The molecule has 0 radical (unpaired) electrons. The Morgan fingerprint density at radius 1 is 1.35 bits per heavy atom. The number of hydrogen-bond donors (Lipinski definition) is 1. The number of halogens is 1. The summed E-state index contributed by atoms with van der Waals surface area (Å²) in [6.07, 6.45) is 0. The van der Waals surface area contributed by atoms with E-state index in [1.54, 1.807) is 0 Å². The third-order valence-electron chi connectivity index (χ3n) is 2.42. The van der Waals surface area contributed by atoms with Gasteiger partial charge >= 0.3 is 0 Å². The van der Waals surface area contributed by atoms with Crippen molar-refractivity contribution in [2.24, 2.45) is 0 Å². The van der Waals surface area contributed by atoms with E-state index in [0.29, 0.717) is 0 Å². The maximum absolute atomic E-state index is 8.75. The summed E-state index contributed by atoms with van der Waals surface area (Å²) in [5, 5.41) is 12.1. The largest absolute Gasteiger partial charge is 0.379 e. The lowest BCUT2D eigenvalue weighted by Gasteiger charge is -2.08. The number of rotatable bonds is 3. The molecule has 1 N–H and O–H groups in total. The Kier molecular flexibility index (Phi) is 3.82. The van der Waals surface area contributed by atoms with E-state index in [1.807, 2.05) is 24.3 Å². The lowest BCUT2D eigenvalue weighted by molar-refractivity contribution is 1.18. The Bertz CT molecular complexity index is 569. The normalized spacial score (nSPS) is 9.94. The minimum absolute atomic E-state index is 0.744. The Balaban J connectivity index is 2.07. The fourth-order valence-corrected chi connectivity index (χ4v) is 2.65. The zero-order chi connectivity index (χ0) is 12.3. The molecule has 1 aromatic heterocycles. The van der Waals surface area contributed by atoms with Crippen molar-refractivity contribution in [3.05, 3.63) is 50.1 Å². The van der Waals surface area contributed by atoms with Crippen LogP contribution in [0.25, 0.3) is 0 Å². The van der Waals surface area contributed by atoms with Crippen LogP contribution in [0.1, 0.15) is 15.3 Å². The summed E-state index contributed by atoms with van der Waals surface area (Å²) in [6, 6.07) is 12.1. The highest BCUT2D eigenvalue weighted by Gasteiger charge is 2.03. The van der Waals surface area contributed by atoms with E-state index < -0.39 is 0 Å². The van der Waals surface area contributed by atoms with Gasteiger partial charge in [-0.2, -0.15) is 5.26 Å². The summed E-state index contributed by atoms with van der Waals surface area (Å²) < 4.78 is 1.09. The van der Waals surface area contributed by atoms with E-state index in [0.717, 1.165) is 26.5 Å². The second-order valence-electron chi connectivity index (χ2n) is 3.67. The molecular formula is C13H11BrN2S. The fourth-order valence-electron chi connectivity index (χ4n) is 1.50. The van der Waals surface area contributed by atoms with Gasteiger partial charge in [-0.25, -0.2) is 0 Å².